The zero-order valence-electron chi connectivity index (χ0n) is 18.3. The number of hydrogen-bond acceptors (Lipinski definition) is 6. The smallest absolute Gasteiger partial charge is 0.191 e. The van der Waals surface area contributed by atoms with E-state index in [1.54, 1.807) is 11.8 Å². The topological polar surface area (TPSA) is 82.7 Å². The Hall–Kier alpha value is -2.91. The lowest BCUT2D eigenvalue weighted by molar-refractivity contribution is 0.552. The Labute approximate surface area is 197 Å². The third kappa shape index (κ3) is 4.89. The van der Waals surface area contributed by atoms with E-state index < -0.39 is 9.84 Å². The number of nitrogens with zero attached hydrogens (tertiary/aromatic N) is 5. The molecule has 9 heteroatoms. The first-order chi connectivity index (χ1) is 16.0. The van der Waals surface area contributed by atoms with Crippen molar-refractivity contribution in [3.63, 3.8) is 0 Å². The first kappa shape index (κ1) is 21.9. The quantitative estimate of drug-likeness (QED) is 0.374. The minimum absolute atomic E-state index is 0.129. The third-order valence-electron chi connectivity index (χ3n) is 5.94. The number of aromatic nitrogens is 5. The first-order valence-electron chi connectivity index (χ1n) is 10.9. The van der Waals surface area contributed by atoms with Gasteiger partial charge in [-0.05, 0) is 24.5 Å². The van der Waals surface area contributed by atoms with Crippen molar-refractivity contribution in [1.82, 2.24) is 24.5 Å². The van der Waals surface area contributed by atoms with Gasteiger partial charge in [0.25, 0.3) is 0 Å². The molecule has 0 saturated carbocycles. The Morgan fingerprint density at radius 2 is 1.76 bits per heavy atom. The number of hydrogen-bond donors (Lipinski definition) is 0. The molecule has 0 aliphatic carbocycles. The van der Waals surface area contributed by atoms with Gasteiger partial charge in [-0.3, -0.25) is 0 Å². The van der Waals surface area contributed by atoms with Crippen molar-refractivity contribution in [2.45, 2.75) is 23.8 Å². The van der Waals surface area contributed by atoms with Crippen molar-refractivity contribution < 1.29 is 8.42 Å². The average Bonchev–Trinajstić information content (AvgIpc) is 3.51. The Balaban J connectivity index is 1.36. The van der Waals surface area contributed by atoms with Crippen LogP contribution in [0.15, 0.2) is 72.0 Å². The van der Waals surface area contributed by atoms with Crippen molar-refractivity contribution in [1.29, 1.82) is 0 Å². The summed E-state index contributed by atoms with van der Waals surface area (Å²) < 4.78 is 27.5. The van der Waals surface area contributed by atoms with Gasteiger partial charge in [0, 0.05) is 36.5 Å². The number of para-hydroxylation sites is 1. The Morgan fingerprint density at radius 1 is 1.03 bits per heavy atom. The van der Waals surface area contributed by atoms with Crippen LogP contribution in [0.4, 0.5) is 0 Å². The van der Waals surface area contributed by atoms with Crippen LogP contribution < -0.4 is 0 Å². The van der Waals surface area contributed by atoms with E-state index in [2.05, 4.69) is 28.5 Å². The molecule has 1 saturated heterocycles. The zero-order valence-corrected chi connectivity index (χ0v) is 20.0. The van der Waals surface area contributed by atoms with Crippen molar-refractivity contribution in [3.05, 3.63) is 78.2 Å². The van der Waals surface area contributed by atoms with E-state index in [4.69, 9.17) is 5.10 Å². The summed E-state index contributed by atoms with van der Waals surface area (Å²) in [5.41, 5.74) is 4.15. The summed E-state index contributed by atoms with van der Waals surface area (Å²) in [4.78, 5) is 0. The second kappa shape index (κ2) is 9.15. The van der Waals surface area contributed by atoms with Crippen LogP contribution in [0.25, 0.3) is 16.9 Å². The highest BCUT2D eigenvalue weighted by atomic mass is 32.2. The molecule has 0 amide bonds. The number of benzene rings is 2. The van der Waals surface area contributed by atoms with Gasteiger partial charge in [0.15, 0.2) is 15.0 Å². The summed E-state index contributed by atoms with van der Waals surface area (Å²) in [6.07, 6.45) is 3.42. The largest absolute Gasteiger partial charge is 0.309 e. The fourth-order valence-corrected chi connectivity index (χ4v) is 6.90. The van der Waals surface area contributed by atoms with Crippen LogP contribution >= 0.6 is 11.8 Å². The van der Waals surface area contributed by atoms with Gasteiger partial charge in [0.1, 0.15) is 5.82 Å². The van der Waals surface area contributed by atoms with E-state index in [9.17, 15) is 8.42 Å². The van der Waals surface area contributed by atoms with E-state index in [0.29, 0.717) is 18.6 Å². The van der Waals surface area contributed by atoms with Gasteiger partial charge in [-0.25, -0.2) is 13.1 Å². The molecule has 4 aromatic rings. The van der Waals surface area contributed by atoms with Gasteiger partial charge >= 0.3 is 0 Å². The van der Waals surface area contributed by atoms with Crippen LogP contribution in [0.2, 0.25) is 0 Å². The summed E-state index contributed by atoms with van der Waals surface area (Å²) in [6, 6.07) is 20.3. The molecule has 2 aromatic carbocycles. The molecular weight excluding hydrogens is 454 g/mol. The van der Waals surface area contributed by atoms with E-state index >= 15 is 0 Å². The molecule has 1 atom stereocenters. The summed E-state index contributed by atoms with van der Waals surface area (Å²) in [7, 11) is -0.941. The van der Waals surface area contributed by atoms with Crippen LogP contribution in [-0.2, 0) is 29.1 Å². The molecule has 2 aromatic heterocycles. The standard InChI is InChI=1S/C24H25N5O2S2/c1-28-22(14-18-12-13-33(30,31)17-18)25-26-24(28)32-16-20-15-29(21-10-6-3-7-11-21)27-23(20)19-8-4-2-5-9-19/h2-11,15,18H,12-14,16-17H2,1H3/t18-/m0/s1. The monoisotopic (exact) mass is 479 g/mol. The number of thioether (sulfide) groups is 1. The van der Waals surface area contributed by atoms with Gasteiger partial charge in [-0.1, -0.05) is 60.3 Å². The molecule has 7 nitrogen and oxygen atoms in total. The predicted octanol–water partition coefficient (Wildman–Crippen LogP) is 3.94. The van der Waals surface area contributed by atoms with Gasteiger partial charge in [-0.15, -0.1) is 10.2 Å². The SMILES string of the molecule is Cn1c(C[C@@H]2CCS(=O)(=O)C2)nnc1SCc1cn(-c2ccccc2)nc1-c1ccccc1. The Morgan fingerprint density at radius 3 is 2.45 bits per heavy atom. The number of sulfone groups is 1. The molecule has 33 heavy (non-hydrogen) atoms. The molecular formula is C24H25N5O2S2. The summed E-state index contributed by atoms with van der Waals surface area (Å²) in [5.74, 6) is 2.19. The highest BCUT2D eigenvalue weighted by Gasteiger charge is 2.29. The fourth-order valence-electron chi connectivity index (χ4n) is 4.15. The van der Waals surface area contributed by atoms with Gasteiger partial charge < -0.3 is 4.57 Å². The highest BCUT2D eigenvalue weighted by Crippen LogP contribution is 2.30. The van der Waals surface area contributed by atoms with E-state index in [1.807, 2.05) is 64.8 Å². The average molecular weight is 480 g/mol. The maximum absolute atomic E-state index is 11.8. The predicted molar refractivity (Wildman–Crippen MR) is 130 cm³/mol. The summed E-state index contributed by atoms with van der Waals surface area (Å²) in [6.45, 7) is 0. The lowest BCUT2D eigenvalue weighted by atomic mass is 10.1. The van der Waals surface area contributed by atoms with E-state index in [1.165, 1.54) is 0 Å². The molecule has 0 unspecified atom stereocenters. The van der Waals surface area contributed by atoms with Crippen molar-refractivity contribution in [2.75, 3.05) is 11.5 Å². The minimum Gasteiger partial charge on any atom is -0.309 e. The molecule has 0 radical (unpaired) electrons. The fraction of sp³-hybridized carbons (Fsp3) is 0.292. The maximum atomic E-state index is 11.8. The normalized spacial score (nSPS) is 17.4. The van der Waals surface area contributed by atoms with Crippen LogP contribution in [-0.4, -0.2) is 44.5 Å². The molecule has 1 aliphatic heterocycles. The second-order valence-corrected chi connectivity index (χ2v) is 11.5. The molecule has 0 bridgehead atoms. The van der Waals surface area contributed by atoms with Crippen LogP contribution in [0.3, 0.4) is 0 Å². The lowest BCUT2D eigenvalue weighted by Gasteiger charge is -2.07. The summed E-state index contributed by atoms with van der Waals surface area (Å²) in [5, 5.41) is 14.4. The Bertz CT molecular complexity index is 1350. The molecule has 1 fully saturated rings. The molecule has 0 N–H and O–H groups in total. The lowest BCUT2D eigenvalue weighted by Crippen LogP contribution is -2.11. The Kier molecular flexibility index (Phi) is 6.07. The van der Waals surface area contributed by atoms with Crippen LogP contribution in [0.1, 0.15) is 17.8 Å². The van der Waals surface area contributed by atoms with Gasteiger partial charge in [0.2, 0.25) is 0 Å². The summed E-state index contributed by atoms with van der Waals surface area (Å²) >= 11 is 1.61. The van der Waals surface area contributed by atoms with Gasteiger partial charge in [-0.2, -0.15) is 5.10 Å². The van der Waals surface area contributed by atoms with Gasteiger partial charge in [0.05, 0.1) is 22.9 Å². The molecule has 5 rings (SSSR count). The van der Waals surface area contributed by atoms with Crippen molar-refractivity contribution >= 4 is 21.6 Å². The number of rotatable bonds is 7. The van der Waals surface area contributed by atoms with Crippen molar-refractivity contribution in [3.8, 4) is 16.9 Å². The zero-order chi connectivity index (χ0) is 22.8. The highest BCUT2D eigenvalue weighted by molar-refractivity contribution is 7.98. The molecule has 0 spiro atoms. The third-order valence-corrected chi connectivity index (χ3v) is 8.84. The second-order valence-electron chi connectivity index (χ2n) is 8.37. The maximum Gasteiger partial charge on any atom is 0.191 e. The van der Waals surface area contributed by atoms with Crippen LogP contribution in [0.5, 0.6) is 0 Å². The molecule has 3 heterocycles. The molecule has 1 aliphatic rings. The van der Waals surface area contributed by atoms with Crippen molar-refractivity contribution in [2.24, 2.45) is 13.0 Å². The molecule has 170 valence electrons. The first-order valence-corrected chi connectivity index (χ1v) is 13.7. The van der Waals surface area contributed by atoms with E-state index in [-0.39, 0.29) is 17.4 Å². The van der Waals surface area contributed by atoms with E-state index in [0.717, 1.165) is 33.5 Å². The van der Waals surface area contributed by atoms with Crippen LogP contribution in [0, 0.1) is 5.92 Å². The minimum atomic E-state index is -2.89.